The van der Waals surface area contributed by atoms with Gasteiger partial charge in [-0.1, -0.05) is 0 Å². The van der Waals surface area contributed by atoms with Gasteiger partial charge in [0.25, 0.3) is 0 Å². The molecule has 0 aliphatic heterocycles. The highest BCUT2D eigenvalue weighted by Gasteiger charge is 2.16. The lowest BCUT2D eigenvalue weighted by molar-refractivity contribution is 0.0528. The van der Waals surface area contributed by atoms with E-state index in [1.54, 1.807) is 20.8 Å². The molecule has 0 saturated heterocycles. The summed E-state index contributed by atoms with van der Waals surface area (Å²) >= 11 is 0. The monoisotopic (exact) mass is 296 g/mol. The number of rotatable bonds is 7. The van der Waals surface area contributed by atoms with Crippen LogP contribution in [-0.4, -0.2) is 50.2 Å². The molecule has 0 aliphatic rings. The highest BCUT2D eigenvalue weighted by atomic mass is 32.2. The average molecular weight is 296 g/mol. The number of carbonyl (C=O) groups is 1. The van der Waals surface area contributed by atoms with Crippen LogP contribution in [0.2, 0.25) is 0 Å². The summed E-state index contributed by atoms with van der Waals surface area (Å²) in [6, 6.07) is 0. The first kappa shape index (κ1) is 18.1. The van der Waals surface area contributed by atoms with Crippen LogP contribution in [0.3, 0.4) is 0 Å². The van der Waals surface area contributed by atoms with E-state index in [4.69, 9.17) is 9.84 Å². The van der Waals surface area contributed by atoms with Gasteiger partial charge in [-0.2, -0.15) is 0 Å². The Morgan fingerprint density at radius 2 is 1.95 bits per heavy atom. The van der Waals surface area contributed by atoms with E-state index in [-0.39, 0.29) is 25.3 Å². The van der Waals surface area contributed by atoms with E-state index in [1.165, 1.54) is 6.92 Å². The minimum atomic E-state index is -3.41. The van der Waals surface area contributed by atoms with Gasteiger partial charge in [0, 0.05) is 13.1 Å². The topological polar surface area (TPSA) is 105 Å². The van der Waals surface area contributed by atoms with Gasteiger partial charge in [0.15, 0.2) is 0 Å². The number of hydrogen-bond donors (Lipinski definition) is 3. The van der Waals surface area contributed by atoms with Crippen LogP contribution in [0.25, 0.3) is 0 Å². The molecular formula is C11H24N2O5S. The van der Waals surface area contributed by atoms with Crippen molar-refractivity contribution in [2.75, 3.05) is 18.8 Å². The van der Waals surface area contributed by atoms with E-state index in [2.05, 4.69) is 10.0 Å². The van der Waals surface area contributed by atoms with Crippen LogP contribution >= 0.6 is 0 Å². The summed E-state index contributed by atoms with van der Waals surface area (Å²) in [5, 5.41) is 11.4. The molecule has 114 valence electrons. The molecule has 0 aliphatic carbocycles. The zero-order valence-electron chi connectivity index (χ0n) is 11.9. The molecular weight excluding hydrogens is 272 g/mol. The normalized spacial score (nSPS) is 13.9. The Labute approximate surface area is 114 Å². The van der Waals surface area contributed by atoms with Gasteiger partial charge in [0.2, 0.25) is 10.0 Å². The number of hydrogen-bond acceptors (Lipinski definition) is 5. The summed E-state index contributed by atoms with van der Waals surface area (Å²) < 4.78 is 30.1. The smallest absolute Gasteiger partial charge is 0.407 e. The first-order chi connectivity index (χ1) is 8.52. The second kappa shape index (κ2) is 7.66. The van der Waals surface area contributed by atoms with Crippen LogP contribution in [0.15, 0.2) is 0 Å². The number of aliphatic hydroxyl groups is 1. The molecule has 1 amide bonds. The van der Waals surface area contributed by atoms with Crippen LogP contribution in [0.4, 0.5) is 4.79 Å². The van der Waals surface area contributed by atoms with E-state index in [0.29, 0.717) is 0 Å². The Balaban J connectivity index is 3.83. The number of amides is 1. The van der Waals surface area contributed by atoms with Crippen LogP contribution in [0.5, 0.6) is 0 Å². The van der Waals surface area contributed by atoms with Gasteiger partial charge < -0.3 is 15.2 Å². The van der Waals surface area contributed by atoms with Crippen molar-refractivity contribution >= 4 is 16.1 Å². The Kier molecular flexibility index (Phi) is 7.32. The molecule has 1 atom stereocenters. The van der Waals surface area contributed by atoms with Gasteiger partial charge >= 0.3 is 6.09 Å². The van der Waals surface area contributed by atoms with Crippen molar-refractivity contribution in [3.05, 3.63) is 0 Å². The first-order valence-corrected chi connectivity index (χ1v) is 7.79. The SMILES string of the molecule is C[C@@H](O)CNS(=O)(=O)CCCNC(=O)OC(C)(C)C. The maximum Gasteiger partial charge on any atom is 0.407 e. The maximum absolute atomic E-state index is 11.4. The second-order valence-electron chi connectivity index (χ2n) is 5.30. The third-order valence-corrected chi connectivity index (χ3v) is 3.29. The Bertz CT molecular complexity index is 373. The van der Waals surface area contributed by atoms with Crippen molar-refractivity contribution in [1.82, 2.24) is 10.0 Å². The van der Waals surface area contributed by atoms with Crippen molar-refractivity contribution in [2.45, 2.75) is 45.8 Å². The molecule has 0 bridgehead atoms. The van der Waals surface area contributed by atoms with E-state index in [1.807, 2.05) is 0 Å². The van der Waals surface area contributed by atoms with E-state index in [9.17, 15) is 13.2 Å². The quantitative estimate of drug-likeness (QED) is 0.582. The number of aliphatic hydroxyl groups excluding tert-OH is 1. The molecule has 8 heteroatoms. The maximum atomic E-state index is 11.4. The zero-order chi connectivity index (χ0) is 15.1. The Morgan fingerprint density at radius 1 is 1.37 bits per heavy atom. The van der Waals surface area contributed by atoms with Gasteiger partial charge in [-0.25, -0.2) is 17.9 Å². The standard InChI is InChI=1S/C11H24N2O5S/c1-9(14)8-13-19(16,17)7-5-6-12-10(15)18-11(2,3)4/h9,13-14H,5-8H2,1-4H3,(H,12,15)/t9-/m1/s1. The van der Waals surface area contributed by atoms with Crippen LogP contribution in [0.1, 0.15) is 34.1 Å². The number of sulfonamides is 1. The second-order valence-corrected chi connectivity index (χ2v) is 7.22. The molecule has 0 radical (unpaired) electrons. The summed E-state index contributed by atoms with van der Waals surface area (Å²) in [5.74, 6) is -0.116. The molecule has 0 spiro atoms. The van der Waals surface area contributed by atoms with E-state index in [0.717, 1.165) is 0 Å². The average Bonchev–Trinajstić information content (AvgIpc) is 2.19. The highest BCUT2D eigenvalue weighted by molar-refractivity contribution is 7.89. The van der Waals surface area contributed by atoms with Crippen molar-refractivity contribution in [3.63, 3.8) is 0 Å². The fourth-order valence-corrected chi connectivity index (χ4v) is 2.25. The molecule has 0 fully saturated rings. The fraction of sp³-hybridized carbons (Fsp3) is 0.909. The van der Waals surface area contributed by atoms with E-state index >= 15 is 0 Å². The lowest BCUT2D eigenvalue weighted by Gasteiger charge is -2.19. The Hall–Kier alpha value is -0.860. The van der Waals surface area contributed by atoms with Gasteiger partial charge in [0.05, 0.1) is 11.9 Å². The minimum absolute atomic E-state index is 0.0121. The lowest BCUT2D eigenvalue weighted by Crippen LogP contribution is -2.35. The molecule has 0 rings (SSSR count). The predicted molar refractivity (Wildman–Crippen MR) is 72.3 cm³/mol. The van der Waals surface area contributed by atoms with Crippen LogP contribution < -0.4 is 10.0 Å². The molecule has 19 heavy (non-hydrogen) atoms. The van der Waals surface area contributed by atoms with Crippen LogP contribution in [-0.2, 0) is 14.8 Å². The first-order valence-electron chi connectivity index (χ1n) is 6.14. The van der Waals surface area contributed by atoms with Crippen molar-refractivity contribution in [3.8, 4) is 0 Å². The summed E-state index contributed by atoms with van der Waals surface area (Å²) in [6.07, 6.45) is -1.02. The van der Waals surface area contributed by atoms with Gasteiger partial charge in [-0.05, 0) is 34.1 Å². The third-order valence-electron chi connectivity index (χ3n) is 1.86. The van der Waals surface area contributed by atoms with Crippen molar-refractivity contribution in [1.29, 1.82) is 0 Å². The lowest BCUT2D eigenvalue weighted by atomic mass is 10.2. The van der Waals surface area contributed by atoms with Gasteiger partial charge in [0.1, 0.15) is 5.60 Å². The summed E-state index contributed by atoms with van der Waals surface area (Å²) in [6.45, 7) is 6.93. The summed E-state index contributed by atoms with van der Waals surface area (Å²) in [4.78, 5) is 11.3. The fourth-order valence-electron chi connectivity index (χ4n) is 1.09. The zero-order valence-corrected chi connectivity index (χ0v) is 12.7. The van der Waals surface area contributed by atoms with Crippen molar-refractivity contribution in [2.24, 2.45) is 0 Å². The predicted octanol–water partition coefficient (Wildman–Crippen LogP) is 0.201. The largest absolute Gasteiger partial charge is 0.444 e. The molecule has 7 nitrogen and oxygen atoms in total. The van der Waals surface area contributed by atoms with Crippen LogP contribution in [0, 0.1) is 0 Å². The number of alkyl carbamates (subject to hydrolysis) is 1. The third kappa shape index (κ3) is 11.9. The van der Waals surface area contributed by atoms with Gasteiger partial charge in [-0.15, -0.1) is 0 Å². The molecule has 0 aromatic carbocycles. The summed E-state index contributed by atoms with van der Waals surface area (Å²) in [7, 11) is -3.41. The van der Waals surface area contributed by atoms with E-state index < -0.39 is 27.8 Å². The molecule has 0 aromatic heterocycles. The Morgan fingerprint density at radius 3 is 2.42 bits per heavy atom. The molecule has 0 saturated carbocycles. The van der Waals surface area contributed by atoms with Crippen molar-refractivity contribution < 1.29 is 23.1 Å². The highest BCUT2D eigenvalue weighted by Crippen LogP contribution is 2.06. The number of nitrogens with one attached hydrogen (secondary N) is 2. The molecule has 0 aromatic rings. The van der Waals surface area contributed by atoms with Gasteiger partial charge in [-0.3, -0.25) is 0 Å². The number of carbonyl (C=O) groups excluding carboxylic acids is 1. The molecule has 3 N–H and O–H groups in total. The minimum Gasteiger partial charge on any atom is -0.444 e. The molecule has 0 heterocycles. The number of ether oxygens (including phenoxy) is 1. The molecule has 0 unspecified atom stereocenters. The summed E-state index contributed by atoms with van der Waals surface area (Å²) in [5.41, 5.74) is -0.574.